The molecule has 8 heteroatoms. The number of aliphatic imine (C=N–C) groups is 1. The molecule has 0 radical (unpaired) electrons. The van der Waals surface area contributed by atoms with Crippen LogP contribution in [0.25, 0.3) is 0 Å². The molecule has 1 heterocycles. The first kappa shape index (κ1) is 19.4. The van der Waals surface area contributed by atoms with Crippen LogP contribution in [0.5, 0.6) is 5.75 Å². The lowest BCUT2D eigenvalue weighted by atomic mass is 10.1. The summed E-state index contributed by atoms with van der Waals surface area (Å²) in [6.45, 7) is 4.20. The van der Waals surface area contributed by atoms with Crippen LogP contribution in [0.3, 0.4) is 0 Å². The number of guanidine groups is 1. The minimum absolute atomic E-state index is 0.403. The Bertz CT molecular complexity index is 559. The van der Waals surface area contributed by atoms with Gasteiger partial charge in [0, 0.05) is 25.2 Å². The highest BCUT2D eigenvalue weighted by Gasteiger charge is 2.19. The molecule has 1 aliphatic heterocycles. The highest BCUT2D eigenvalue weighted by atomic mass is 35.5. The Morgan fingerprint density at radius 2 is 2.00 bits per heavy atom. The van der Waals surface area contributed by atoms with Gasteiger partial charge < -0.3 is 20.3 Å². The van der Waals surface area contributed by atoms with Gasteiger partial charge in [-0.25, -0.2) is 0 Å². The second kappa shape index (κ2) is 9.56. The molecule has 1 atom stereocenters. The summed E-state index contributed by atoms with van der Waals surface area (Å²) in [6.07, 6.45) is 1.22. The van der Waals surface area contributed by atoms with E-state index in [1.54, 1.807) is 19.2 Å². The van der Waals surface area contributed by atoms with Crippen molar-refractivity contribution in [3.63, 3.8) is 0 Å². The van der Waals surface area contributed by atoms with Gasteiger partial charge in [-0.2, -0.15) is 0 Å². The van der Waals surface area contributed by atoms with Crippen LogP contribution in [-0.2, 0) is 0 Å². The molecular formula is C16H23Cl3N4O. The highest BCUT2D eigenvalue weighted by Crippen LogP contribution is 2.35. The summed E-state index contributed by atoms with van der Waals surface area (Å²) < 4.78 is 5.63. The monoisotopic (exact) mass is 392 g/mol. The summed E-state index contributed by atoms with van der Waals surface area (Å²) in [7, 11) is 3.90. The first-order chi connectivity index (χ1) is 11.5. The van der Waals surface area contributed by atoms with Gasteiger partial charge in [-0.05, 0) is 38.1 Å². The number of rotatable bonds is 6. The van der Waals surface area contributed by atoms with Crippen molar-refractivity contribution in [2.24, 2.45) is 10.9 Å². The van der Waals surface area contributed by atoms with E-state index >= 15 is 0 Å². The number of benzene rings is 1. The molecule has 2 rings (SSSR count). The molecule has 0 bridgehead atoms. The third-order valence-electron chi connectivity index (χ3n) is 3.87. The number of likely N-dealkylation sites (tertiary alicyclic amines) is 1. The van der Waals surface area contributed by atoms with E-state index in [0.29, 0.717) is 39.9 Å². The Morgan fingerprint density at radius 1 is 1.29 bits per heavy atom. The van der Waals surface area contributed by atoms with E-state index in [1.807, 2.05) is 0 Å². The molecule has 2 N–H and O–H groups in total. The van der Waals surface area contributed by atoms with Crippen LogP contribution in [0.2, 0.25) is 15.1 Å². The summed E-state index contributed by atoms with van der Waals surface area (Å²) in [5.74, 6) is 1.87. The van der Waals surface area contributed by atoms with Crippen LogP contribution < -0.4 is 15.4 Å². The second-order valence-corrected chi connectivity index (χ2v) is 7.09. The van der Waals surface area contributed by atoms with Crippen molar-refractivity contribution in [3.8, 4) is 5.75 Å². The second-order valence-electron chi connectivity index (χ2n) is 5.84. The first-order valence-electron chi connectivity index (χ1n) is 7.90. The molecule has 0 aromatic heterocycles. The van der Waals surface area contributed by atoms with E-state index in [-0.39, 0.29) is 0 Å². The lowest BCUT2D eigenvalue weighted by Crippen LogP contribution is -2.41. The summed E-state index contributed by atoms with van der Waals surface area (Å²) in [5.41, 5.74) is 0. The Labute approximate surface area is 158 Å². The maximum atomic E-state index is 6.08. The van der Waals surface area contributed by atoms with Crippen molar-refractivity contribution in [2.75, 3.05) is 46.9 Å². The van der Waals surface area contributed by atoms with Crippen molar-refractivity contribution in [3.05, 3.63) is 27.2 Å². The average molecular weight is 394 g/mol. The van der Waals surface area contributed by atoms with Crippen molar-refractivity contribution in [1.82, 2.24) is 15.5 Å². The molecule has 1 saturated heterocycles. The zero-order chi connectivity index (χ0) is 17.5. The molecule has 1 aliphatic rings. The molecule has 134 valence electrons. The van der Waals surface area contributed by atoms with E-state index in [9.17, 15) is 0 Å². The number of hydrogen-bond acceptors (Lipinski definition) is 3. The fraction of sp³-hybridized carbons (Fsp3) is 0.562. The Balaban J connectivity index is 1.71. The Kier molecular flexibility index (Phi) is 7.75. The molecule has 0 spiro atoms. The van der Waals surface area contributed by atoms with E-state index in [2.05, 4.69) is 27.6 Å². The molecule has 0 saturated carbocycles. The molecule has 5 nitrogen and oxygen atoms in total. The van der Waals surface area contributed by atoms with E-state index in [4.69, 9.17) is 39.5 Å². The Hall–Kier alpha value is -0.880. The van der Waals surface area contributed by atoms with Crippen LogP contribution in [-0.4, -0.2) is 57.7 Å². The summed E-state index contributed by atoms with van der Waals surface area (Å²) in [4.78, 5) is 6.56. The average Bonchev–Trinajstić information content (AvgIpc) is 2.94. The van der Waals surface area contributed by atoms with Crippen molar-refractivity contribution >= 4 is 40.8 Å². The van der Waals surface area contributed by atoms with Gasteiger partial charge in [0.1, 0.15) is 6.61 Å². The lowest BCUT2D eigenvalue weighted by Gasteiger charge is -2.16. The zero-order valence-corrected chi connectivity index (χ0v) is 16.2. The summed E-state index contributed by atoms with van der Waals surface area (Å²) in [5, 5.41) is 7.85. The third kappa shape index (κ3) is 5.88. The first-order valence-corrected chi connectivity index (χ1v) is 9.03. The quantitative estimate of drug-likeness (QED) is 0.443. The number of halogens is 3. The summed E-state index contributed by atoms with van der Waals surface area (Å²) in [6, 6.07) is 3.22. The predicted molar refractivity (Wildman–Crippen MR) is 102 cm³/mol. The smallest absolute Gasteiger partial charge is 0.191 e. The number of nitrogens with zero attached hydrogens (tertiary/aromatic N) is 2. The lowest BCUT2D eigenvalue weighted by molar-refractivity contribution is 0.322. The predicted octanol–water partition coefficient (Wildman–Crippen LogP) is 3.14. The number of ether oxygens (including phenoxy) is 1. The molecule has 0 amide bonds. The standard InChI is InChI=1S/C16H23Cl3N4O/c1-20-16(22-9-11-3-5-23(2)10-11)21-4-6-24-15-13(18)7-12(17)8-14(15)19/h7-8,11H,3-6,9-10H2,1-2H3,(H2,20,21,22). The van der Waals surface area contributed by atoms with Gasteiger partial charge in [-0.15, -0.1) is 0 Å². The molecular weight excluding hydrogens is 371 g/mol. The van der Waals surface area contributed by atoms with Crippen LogP contribution in [0.4, 0.5) is 0 Å². The molecule has 24 heavy (non-hydrogen) atoms. The van der Waals surface area contributed by atoms with Crippen LogP contribution >= 0.6 is 34.8 Å². The van der Waals surface area contributed by atoms with Gasteiger partial charge in [0.25, 0.3) is 0 Å². The fourth-order valence-corrected chi connectivity index (χ4v) is 3.57. The van der Waals surface area contributed by atoms with Crippen molar-refractivity contribution < 1.29 is 4.74 Å². The maximum Gasteiger partial charge on any atom is 0.191 e. The minimum Gasteiger partial charge on any atom is -0.489 e. The molecule has 1 aromatic carbocycles. The maximum absolute atomic E-state index is 6.08. The topological polar surface area (TPSA) is 48.9 Å². The van der Waals surface area contributed by atoms with Crippen LogP contribution in [0.1, 0.15) is 6.42 Å². The zero-order valence-electron chi connectivity index (χ0n) is 13.9. The Morgan fingerprint density at radius 3 is 2.58 bits per heavy atom. The van der Waals surface area contributed by atoms with Crippen LogP contribution in [0, 0.1) is 5.92 Å². The van der Waals surface area contributed by atoms with Gasteiger partial charge >= 0.3 is 0 Å². The van der Waals surface area contributed by atoms with E-state index in [0.717, 1.165) is 25.6 Å². The normalized spacial score (nSPS) is 18.7. The van der Waals surface area contributed by atoms with Crippen molar-refractivity contribution in [2.45, 2.75) is 6.42 Å². The largest absolute Gasteiger partial charge is 0.489 e. The van der Waals surface area contributed by atoms with Crippen molar-refractivity contribution in [1.29, 1.82) is 0 Å². The highest BCUT2D eigenvalue weighted by molar-refractivity contribution is 6.40. The SMILES string of the molecule is CN=C(NCCOc1c(Cl)cc(Cl)cc1Cl)NCC1CCN(C)C1. The van der Waals surface area contributed by atoms with E-state index < -0.39 is 0 Å². The summed E-state index contributed by atoms with van der Waals surface area (Å²) >= 11 is 18.0. The van der Waals surface area contributed by atoms with Gasteiger partial charge in [0.05, 0.1) is 16.6 Å². The third-order valence-corrected chi connectivity index (χ3v) is 4.65. The van der Waals surface area contributed by atoms with Gasteiger partial charge in [-0.1, -0.05) is 34.8 Å². The van der Waals surface area contributed by atoms with Gasteiger partial charge in [0.15, 0.2) is 11.7 Å². The fourth-order valence-electron chi connectivity index (χ4n) is 2.64. The molecule has 0 aliphatic carbocycles. The molecule has 1 unspecified atom stereocenters. The number of nitrogens with one attached hydrogen (secondary N) is 2. The molecule has 1 aromatic rings. The minimum atomic E-state index is 0.403. The van der Waals surface area contributed by atoms with E-state index in [1.165, 1.54) is 6.42 Å². The van der Waals surface area contributed by atoms with Crippen LogP contribution in [0.15, 0.2) is 17.1 Å². The molecule has 1 fully saturated rings. The van der Waals surface area contributed by atoms with Gasteiger partial charge in [0.2, 0.25) is 0 Å². The number of hydrogen-bond donors (Lipinski definition) is 2. The van der Waals surface area contributed by atoms with Gasteiger partial charge in [-0.3, -0.25) is 4.99 Å².